The van der Waals surface area contributed by atoms with E-state index in [9.17, 15) is 0 Å². The van der Waals surface area contributed by atoms with Crippen LogP contribution >= 0.6 is 12.8 Å². The van der Waals surface area contributed by atoms with Gasteiger partial charge in [0.05, 0.1) is 24.6 Å². The van der Waals surface area contributed by atoms with Crippen LogP contribution in [0.4, 0.5) is 0 Å². The molecule has 9 heteroatoms. The van der Waals surface area contributed by atoms with E-state index in [0.717, 1.165) is 22.3 Å². The zero-order chi connectivity index (χ0) is 20.2. The van der Waals surface area contributed by atoms with Crippen LogP contribution in [0.3, 0.4) is 0 Å². The minimum Gasteiger partial charge on any atom is -0.497 e. The van der Waals surface area contributed by atoms with Crippen LogP contribution in [0.5, 0.6) is 5.75 Å². The molecule has 0 saturated heterocycles. The van der Waals surface area contributed by atoms with Gasteiger partial charge in [-0.2, -0.15) is 0 Å². The highest BCUT2D eigenvalue weighted by atomic mass is 32.5. The predicted molar refractivity (Wildman–Crippen MR) is 122 cm³/mol. The van der Waals surface area contributed by atoms with Crippen LogP contribution < -0.4 is 10.0 Å². The smallest absolute Gasteiger partial charge is 0.196 e. The third-order valence-electron chi connectivity index (χ3n) is 4.66. The van der Waals surface area contributed by atoms with Gasteiger partial charge in [0.25, 0.3) is 0 Å². The van der Waals surface area contributed by atoms with Gasteiger partial charge in [0.2, 0.25) is 0 Å². The molecule has 0 radical (unpaired) electrons. The second kappa shape index (κ2) is 9.17. The summed E-state index contributed by atoms with van der Waals surface area (Å²) in [5.41, 5.74) is 1.86. The summed E-state index contributed by atoms with van der Waals surface area (Å²) in [4.78, 5) is 0. The molecule has 0 aliphatic carbocycles. The van der Waals surface area contributed by atoms with Crippen molar-refractivity contribution in [2.75, 3.05) is 27.5 Å². The lowest BCUT2D eigenvalue weighted by atomic mass is 10.1. The van der Waals surface area contributed by atoms with E-state index in [-0.39, 0.29) is 5.66 Å². The second-order valence-corrected chi connectivity index (χ2v) is 14.4. The number of hydrogen-bond acceptors (Lipinski definition) is 7. The summed E-state index contributed by atoms with van der Waals surface area (Å²) in [5.74, 6) is 0.788. The van der Waals surface area contributed by atoms with E-state index in [2.05, 4.69) is 5.16 Å². The van der Waals surface area contributed by atoms with Gasteiger partial charge in [0.1, 0.15) is 5.75 Å². The van der Waals surface area contributed by atoms with Gasteiger partial charge in [-0.3, -0.25) is 0 Å². The molecule has 0 N–H and O–H groups in total. The SMILES string of the molecule is COc1ccc(P2(=S)CC(CC(c3ccccc3)P(=S)(OC)OC)=NO2)cc1. The Morgan fingerprint density at radius 1 is 1.07 bits per heavy atom. The minimum absolute atomic E-state index is 0.113. The summed E-state index contributed by atoms with van der Waals surface area (Å²) in [7, 11) is 4.85. The molecule has 1 aliphatic rings. The molecule has 2 aromatic carbocycles. The predicted octanol–water partition coefficient (Wildman–Crippen LogP) is 4.83. The maximum absolute atomic E-state index is 5.86. The van der Waals surface area contributed by atoms with E-state index in [1.54, 1.807) is 21.3 Å². The molecule has 2 unspecified atom stereocenters. The van der Waals surface area contributed by atoms with Crippen molar-refractivity contribution < 1.29 is 18.4 Å². The van der Waals surface area contributed by atoms with Crippen LogP contribution in [0, 0.1) is 0 Å². The van der Waals surface area contributed by atoms with E-state index >= 15 is 0 Å². The first-order valence-corrected chi connectivity index (χ1v) is 14.3. The van der Waals surface area contributed by atoms with Crippen LogP contribution in [0.25, 0.3) is 0 Å². The molecule has 150 valence electrons. The average Bonchev–Trinajstić information content (AvgIpc) is 3.14. The van der Waals surface area contributed by atoms with Gasteiger partial charge in [-0.25, -0.2) is 0 Å². The molecule has 0 aromatic heterocycles. The maximum atomic E-state index is 5.86. The largest absolute Gasteiger partial charge is 0.497 e. The van der Waals surface area contributed by atoms with E-state index < -0.39 is 12.8 Å². The first-order chi connectivity index (χ1) is 13.4. The number of methoxy groups -OCH3 is 1. The molecule has 28 heavy (non-hydrogen) atoms. The average molecular weight is 455 g/mol. The molecular formula is C19H23NO4P2S2. The zero-order valence-corrected chi connectivity index (χ0v) is 19.4. The van der Waals surface area contributed by atoms with E-state index in [0.29, 0.717) is 12.6 Å². The lowest BCUT2D eigenvalue weighted by molar-refractivity contribution is 0.328. The maximum Gasteiger partial charge on any atom is 0.196 e. The summed E-state index contributed by atoms with van der Waals surface area (Å²) in [5, 5.41) is 5.33. The van der Waals surface area contributed by atoms with Crippen molar-refractivity contribution >= 4 is 47.4 Å². The standard InChI is InChI=1S/C19H23NO4P2S2/c1-21-17-9-11-18(12-10-17)25(27)14-16(20-24-25)13-19(26(28,22-2)23-3)15-7-5-4-6-8-15/h4-12,19H,13-14H2,1-3H3. The molecule has 0 amide bonds. The Morgan fingerprint density at radius 2 is 1.71 bits per heavy atom. The quantitative estimate of drug-likeness (QED) is 0.532. The van der Waals surface area contributed by atoms with Gasteiger partial charge in [-0.05, 0) is 53.4 Å². The highest BCUT2D eigenvalue weighted by Gasteiger charge is 2.37. The Bertz CT molecular complexity index is 927. The highest BCUT2D eigenvalue weighted by Crippen LogP contribution is 2.63. The van der Waals surface area contributed by atoms with Crippen LogP contribution in [0.15, 0.2) is 59.8 Å². The fraction of sp³-hybridized carbons (Fsp3) is 0.316. The second-order valence-electron chi connectivity index (χ2n) is 6.30. The van der Waals surface area contributed by atoms with Crippen molar-refractivity contribution in [2.45, 2.75) is 12.1 Å². The molecule has 0 bridgehead atoms. The molecular weight excluding hydrogens is 432 g/mol. The number of ether oxygens (including phenoxy) is 1. The van der Waals surface area contributed by atoms with Gasteiger partial charge in [0.15, 0.2) is 12.8 Å². The van der Waals surface area contributed by atoms with Gasteiger partial charge < -0.3 is 18.4 Å². The molecule has 1 heterocycles. The van der Waals surface area contributed by atoms with Crippen molar-refractivity contribution in [3.8, 4) is 5.75 Å². The fourth-order valence-electron chi connectivity index (χ4n) is 3.11. The molecule has 0 spiro atoms. The van der Waals surface area contributed by atoms with E-state index in [4.69, 9.17) is 42.0 Å². The number of benzene rings is 2. The van der Waals surface area contributed by atoms with Crippen LogP contribution in [-0.4, -0.2) is 33.2 Å². The Morgan fingerprint density at radius 3 is 2.29 bits per heavy atom. The molecule has 5 nitrogen and oxygen atoms in total. The summed E-state index contributed by atoms with van der Waals surface area (Å²) in [6.07, 6.45) is -1.05. The molecule has 1 aliphatic heterocycles. The third kappa shape index (κ3) is 4.56. The summed E-state index contributed by atoms with van der Waals surface area (Å²) >= 11 is 11.6. The number of nitrogens with zero attached hydrogens (tertiary/aromatic N) is 1. The first kappa shape index (κ1) is 21.6. The summed E-state index contributed by atoms with van der Waals surface area (Å²) in [6, 6.07) is 17.7. The fourth-order valence-corrected chi connectivity index (χ4v) is 8.09. The van der Waals surface area contributed by atoms with Crippen LogP contribution in [-0.2, 0) is 37.3 Å². The highest BCUT2D eigenvalue weighted by molar-refractivity contribution is 8.16. The third-order valence-corrected chi connectivity index (χ3v) is 12.0. The lowest BCUT2D eigenvalue weighted by Crippen LogP contribution is -2.13. The molecule has 0 saturated carbocycles. The molecule has 3 rings (SSSR count). The Labute approximate surface area is 176 Å². The van der Waals surface area contributed by atoms with Crippen molar-refractivity contribution in [1.82, 2.24) is 0 Å². The van der Waals surface area contributed by atoms with Gasteiger partial charge in [-0.15, -0.1) is 0 Å². The Kier molecular flexibility index (Phi) is 7.08. The van der Waals surface area contributed by atoms with Crippen molar-refractivity contribution in [1.29, 1.82) is 0 Å². The van der Waals surface area contributed by atoms with Crippen LogP contribution in [0.2, 0.25) is 0 Å². The summed E-state index contributed by atoms with van der Waals surface area (Å²) in [6.45, 7) is -2.53. The number of hydrogen-bond donors (Lipinski definition) is 0. The molecule has 0 fully saturated rings. The normalized spacial score (nSPS) is 20.3. The Balaban J connectivity index is 1.82. The number of oxime groups is 1. The molecule has 2 aromatic rings. The van der Waals surface area contributed by atoms with Crippen molar-refractivity contribution in [3.05, 3.63) is 60.2 Å². The minimum atomic E-state index is -2.53. The van der Waals surface area contributed by atoms with Gasteiger partial charge in [-0.1, -0.05) is 35.5 Å². The Hall–Kier alpha value is -1.07. The lowest BCUT2D eigenvalue weighted by Gasteiger charge is -2.28. The van der Waals surface area contributed by atoms with E-state index in [1.165, 1.54) is 0 Å². The molecule has 2 atom stereocenters. The van der Waals surface area contributed by atoms with Gasteiger partial charge >= 0.3 is 0 Å². The summed E-state index contributed by atoms with van der Waals surface area (Å²) < 4.78 is 22.3. The topological polar surface area (TPSA) is 49.3 Å². The van der Waals surface area contributed by atoms with Gasteiger partial charge in [0, 0.05) is 25.9 Å². The zero-order valence-electron chi connectivity index (χ0n) is 16.0. The van der Waals surface area contributed by atoms with Crippen molar-refractivity contribution in [2.24, 2.45) is 5.16 Å². The van der Waals surface area contributed by atoms with Crippen LogP contribution in [0.1, 0.15) is 17.6 Å². The first-order valence-electron chi connectivity index (χ1n) is 8.68. The van der Waals surface area contributed by atoms with Crippen molar-refractivity contribution in [3.63, 3.8) is 0 Å². The monoisotopic (exact) mass is 455 g/mol. The van der Waals surface area contributed by atoms with E-state index in [1.807, 2.05) is 54.6 Å². The number of rotatable bonds is 8.